The summed E-state index contributed by atoms with van der Waals surface area (Å²) in [5, 5.41) is 0. The van der Waals surface area contributed by atoms with Crippen molar-refractivity contribution in [3.63, 3.8) is 0 Å². The third kappa shape index (κ3) is 44.9. The predicted molar refractivity (Wildman–Crippen MR) is 256 cm³/mol. The van der Waals surface area contributed by atoms with E-state index in [0.29, 0.717) is 12.8 Å². The molecule has 0 aromatic carbocycles. The van der Waals surface area contributed by atoms with Crippen molar-refractivity contribution in [2.75, 3.05) is 13.2 Å². The van der Waals surface area contributed by atoms with Crippen molar-refractivity contribution in [2.45, 2.75) is 187 Å². The molecule has 0 aromatic rings. The van der Waals surface area contributed by atoms with E-state index in [2.05, 4.69) is 142 Å². The zero-order valence-electron chi connectivity index (χ0n) is 38.2. The van der Waals surface area contributed by atoms with Gasteiger partial charge < -0.3 is 14.2 Å². The Morgan fingerprint density at radius 3 is 0.967 bits per heavy atom. The van der Waals surface area contributed by atoms with Gasteiger partial charge in [0.25, 0.3) is 0 Å². The number of allylic oxidation sites excluding steroid dienone is 20. The zero-order valence-corrected chi connectivity index (χ0v) is 38.2. The smallest absolute Gasteiger partial charge is 0.306 e. The Balaban J connectivity index is 4.48. The highest BCUT2D eigenvalue weighted by atomic mass is 16.6. The largest absolute Gasteiger partial charge is 0.462 e. The minimum Gasteiger partial charge on any atom is -0.462 e. The first-order valence-electron chi connectivity index (χ1n) is 23.5. The summed E-state index contributed by atoms with van der Waals surface area (Å²) in [5.74, 6) is -1.02. The molecule has 0 spiro atoms. The number of carbonyl (C=O) groups is 3. The van der Waals surface area contributed by atoms with Gasteiger partial charge in [0.2, 0.25) is 0 Å². The van der Waals surface area contributed by atoms with Crippen LogP contribution in [0.4, 0.5) is 0 Å². The Bertz CT molecular complexity index is 1320. The highest BCUT2D eigenvalue weighted by Crippen LogP contribution is 2.11. The highest BCUT2D eigenvalue weighted by Gasteiger charge is 2.19. The summed E-state index contributed by atoms with van der Waals surface area (Å²) >= 11 is 0. The first kappa shape index (κ1) is 55.8. The molecular weight excluding hydrogens is 745 g/mol. The van der Waals surface area contributed by atoms with Crippen LogP contribution in [0.25, 0.3) is 0 Å². The lowest BCUT2D eigenvalue weighted by atomic mass is 10.1. The van der Waals surface area contributed by atoms with Gasteiger partial charge >= 0.3 is 17.9 Å². The minimum absolute atomic E-state index is 0.119. The average Bonchev–Trinajstić information content (AvgIpc) is 3.24. The standard InChI is InChI=1S/C54H84O6/c1-4-7-10-13-16-19-21-23-25-26-27-28-29-31-32-35-38-41-44-47-53(56)59-50-51(49-58-52(55)46-43-40-37-34-18-15-12-9-6-3)60-54(57)48-45-42-39-36-33-30-24-22-20-17-14-11-8-5-2/h7-12,16-20,23-25,27-28,30-32,34,51H,4-6,13-15,21-22,26,29,33,35-50H2,1-3H3/b10-7-,11-8-,12-9-,19-16-,20-17-,25-23-,28-27-,30-24-,32-31-,34-18-. The fourth-order valence-corrected chi connectivity index (χ4v) is 5.75. The second-order valence-corrected chi connectivity index (χ2v) is 14.9. The van der Waals surface area contributed by atoms with Gasteiger partial charge in [0.05, 0.1) is 0 Å². The Morgan fingerprint density at radius 1 is 0.333 bits per heavy atom. The number of esters is 3. The van der Waals surface area contributed by atoms with Gasteiger partial charge in [-0.05, 0) is 122 Å². The highest BCUT2D eigenvalue weighted by molar-refractivity contribution is 5.71. The van der Waals surface area contributed by atoms with Crippen LogP contribution in [0.2, 0.25) is 0 Å². The maximum absolute atomic E-state index is 12.7. The second kappa shape index (κ2) is 47.5. The van der Waals surface area contributed by atoms with Crippen molar-refractivity contribution in [3.05, 3.63) is 122 Å². The van der Waals surface area contributed by atoms with Gasteiger partial charge in [0.1, 0.15) is 13.2 Å². The van der Waals surface area contributed by atoms with Crippen molar-refractivity contribution < 1.29 is 28.6 Å². The van der Waals surface area contributed by atoms with Crippen LogP contribution in [0, 0.1) is 0 Å². The molecule has 0 N–H and O–H groups in total. The molecule has 0 radical (unpaired) electrons. The van der Waals surface area contributed by atoms with Gasteiger partial charge in [0.15, 0.2) is 6.10 Å². The summed E-state index contributed by atoms with van der Waals surface area (Å²) in [5.41, 5.74) is 0. The lowest BCUT2D eigenvalue weighted by molar-refractivity contribution is -0.167. The van der Waals surface area contributed by atoms with Crippen LogP contribution in [-0.4, -0.2) is 37.2 Å². The molecule has 0 amide bonds. The van der Waals surface area contributed by atoms with Crippen molar-refractivity contribution in [3.8, 4) is 0 Å². The number of unbranched alkanes of at least 4 members (excludes halogenated alkanes) is 9. The van der Waals surface area contributed by atoms with Crippen molar-refractivity contribution in [1.82, 2.24) is 0 Å². The van der Waals surface area contributed by atoms with E-state index >= 15 is 0 Å². The fourth-order valence-electron chi connectivity index (χ4n) is 5.75. The van der Waals surface area contributed by atoms with Gasteiger partial charge in [-0.1, -0.05) is 162 Å². The fraction of sp³-hybridized carbons (Fsp3) is 0.574. The molecule has 0 bridgehead atoms. The Hall–Kier alpha value is -4.19. The van der Waals surface area contributed by atoms with Gasteiger partial charge in [0, 0.05) is 19.3 Å². The third-order valence-electron chi connectivity index (χ3n) is 9.19. The molecule has 0 saturated carbocycles. The van der Waals surface area contributed by atoms with Gasteiger partial charge in [-0.15, -0.1) is 0 Å². The average molecular weight is 829 g/mol. The molecule has 0 aliphatic carbocycles. The van der Waals surface area contributed by atoms with Crippen LogP contribution < -0.4 is 0 Å². The second-order valence-electron chi connectivity index (χ2n) is 14.9. The SMILES string of the molecule is CC/C=C\C/C=C\C/C=C\C/C=C\C/C=C\CCCCCC(=O)OCC(COC(=O)CCCC/C=C\C/C=C\CC)OC(=O)CCCCCC/C=C\C/C=C\C/C=C\CC. The van der Waals surface area contributed by atoms with E-state index in [1.54, 1.807) is 0 Å². The maximum Gasteiger partial charge on any atom is 0.306 e. The van der Waals surface area contributed by atoms with Crippen LogP contribution in [0.5, 0.6) is 0 Å². The molecule has 0 rings (SSSR count). The molecular formula is C54H84O6. The molecule has 1 unspecified atom stereocenters. The van der Waals surface area contributed by atoms with E-state index in [0.717, 1.165) is 141 Å². The normalized spacial score (nSPS) is 13.2. The molecule has 0 saturated heterocycles. The summed E-state index contributed by atoms with van der Waals surface area (Å²) in [6, 6.07) is 0. The molecule has 0 fully saturated rings. The Morgan fingerprint density at radius 2 is 0.600 bits per heavy atom. The summed E-state index contributed by atoms with van der Waals surface area (Å²) in [4.78, 5) is 37.8. The lowest BCUT2D eigenvalue weighted by Crippen LogP contribution is -2.30. The first-order valence-corrected chi connectivity index (χ1v) is 23.5. The maximum atomic E-state index is 12.7. The van der Waals surface area contributed by atoms with Crippen LogP contribution in [0.1, 0.15) is 181 Å². The summed E-state index contributed by atoms with van der Waals surface area (Å²) in [6.07, 6.45) is 64.8. The van der Waals surface area contributed by atoms with E-state index in [-0.39, 0.29) is 37.5 Å². The number of hydrogen-bond acceptors (Lipinski definition) is 6. The van der Waals surface area contributed by atoms with Crippen molar-refractivity contribution in [2.24, 2.45) is 0 Å². The summed E-state index contributed by atoms with van der Waals surface area (Å²) < 4.78 is 16.6. The lowest BCUT2D eigenvalue weighted by Gasteiger charge is -2.18. The monoisotopic (exact) mass is 829 g/mol. The van der Waals surface area contributed by atoms with E-state index < -0.39 is 6.10 Å². The van der Waals surface area contributed by atoms with Crippen molar-refractivity contribution >= 4 is 17.9 Å². The number of rotatable bonds is 40. The van der Waals surface area contributed by atoms with Gasteiger partial charge in [-0.25, -0.2) is 0 Å². The topological polar surface area (TPSA) is 78.9 Å². The molecule has 0 aromatic heterocycles. The summed E-state index contributed by atoms with van der Waals surface area (Å²) in [6.45, 7) is 6.17. The third-order valence-corrected chi connectivity index (χ3v) is 9.19. The van der Waals surface area contributed by atoms with Crippen LogP contribution >= 0.6 is 0 Å². The molecule has 336 valence electrons. The quantitative estimate of drug-likeness (QED) is 0.0265. The van der Waals surface area contributed by atoms with Crippen molar-refractivity contribution in [1.29, 1.82) is 0 Å². The molecule has 6 nitrogen and oxygen atoms in total. The molecule has 0 aliphatic rings. The first-order chi connectivity index (χ1) is 29.5. The Labute approximate surface area is 367 Å². The molecule has 0 aliphatic heterocycles. The number of hydrogen-bond donors (Lipinski definition) is 0. The van der Waals surface area contributed by atoms with Crippen LogP contribution in [0.15, 0.2) is 122 Å². The number of carbonyl (C=O) groups excluding carboxylic acids is 3. The molecule has 60 heavy (non-hydrogen) atoms. The molecule has 1 atom stereocenters. The van der Waals surface area contributed by atoms with E-state index in [1.165, 1.54) is 0 Å². The van der Waals surface area contributed by atoms with Crippen LogP contribution in [0.3, 0.4) is 0 Å². The summed E-state index contributed by atoms with van der Waals surface area (Å²) in [7, 11) is 0. The van der Waals surface area contributed by atoms with Gasteiger partial charge in [-0.2, -0.15) is 0 Å². The Kier molecular flexibility index (Phi) is 44.2. The number of ether oxygens (including phenoxy) is 3. The van der Waals surface area contributed by atoms with Gasteiger partial charge in [-0.3, -0.25) is 14.4 Å². The van der Waals surface area contributed by atoms with E-state index in [9.17, 15) is 14.4 Å². The van der Waals surface area contributed by atoms with E-state index in [4.69, 9.17) is 14.2 Å². The molecule has 6 heteroatoms. The van der Waals surface area contributed by atoms with E-state index in [1.807, 2.05) is 0 Å². The predicted octanol–water partition coefficient (Wildman–Crippen LogP) is 15.4. The minimum atomic E-state index is -0.818. The molecule has 0 heterocycles. The zero-order chi connectivity index (χ0) is 43.7. The van der Waals surface area contributed by atoms with Crippen LogP contribution in [-0.2, 0) is 28.6 Å².